The molecule has 3 fully saturated rings. The zero-order valence-electron chi connectivity index (χ0n) is 34.8. The summed E-state index contributed by atoms with van der Waals surface area (Å²) in [4.78, 5) is 27.1. The number of benzene rings is 3. The average Bonchev–Trinajstić information content (AvgIpc) is 3.51. The van der Waals surface area contributed by atoms with Crippen LogP contribution in [-0.2, 0) is 15.9 Å². The maximum absolute atomic E-state index is 17.8. The van der Waals surface area contributed by atoms with Crippen molar-refractivity contribution in [3.63, 3.8) is 0 Å². The number of alkyl halides is 2. The lowest BCUT2D eigenvalue weighted by molar-refractivity contribution is -0.0679. The molecule has 1 unspecified atom stereocenters. The third-order valence-corrected chi connectivity index (χ3v) is 13.1. The number of piperidine rings is 2. The number of methoxy groups -OCH3 is 1. The fourth-order valence-corrected chi connectivity index (χ4v) is 10.6. The van der Waals surface area contributed by atoms with Gasteiger partial charge in [0.05, 0.1) is 23.4 Å². The van der Waals surface area contributed by atoms with Gasteiger partial charge in [0.25, 0.3) is 0 Å². The van der Waals surface area contributed by atoms with E-state index in [0.717, 1.165) is 12.8 Å². The number of halogens is 5. The Morgan fingerprint density at radius 2 is 1.83 bits per heavy atom. The van der Waals surface area contributed by atoms with Crippen LogP contribution in [0.3, 0.4) is 0 Å². The van der Waals surface area contributed by atoms with Crippen LogP contribution >= 0.6 is 0 Å². The van der Waals surface area contributed by atoms with E-state index >= 15 is 13.2 Å². The first-order valence-corrected chi connectivity index (χ1v) is 20.7. The van der Waals surface area contributed by atoms with Crippen LogP contribution in [0.1, 0.15) is 89.0 Å². The van der Waals surface area contributed by atoms with Crippen LogP contribution in [0.2, 0.25) is 0 Å². The number of carbonyl (C=O) groups excluding carboxylic acids is 1. The smallest absolute Gasteiger partial charge is 0.410 e. The lowest BCUT2D eigenvalue weighted by Crippen LogP contribution is -2.52. The van der Waals surface area contributed by atoms with Crippen LogP contribution in [0.4, 0.5) is 26.7 Å². The topological polar surface area (TPSA) is 86.3 Å². The Bertz CT molecular complexity index is 2380. The fourth-order valence-electron chi connectivity index (χ4n) is 10.6. The van der Waals surface area contributed by atoms with Crippen molar-refractivity contribution < 1.29 is 45.7 Å². The molecule has 14 heteroatoms. The minimum Gasteiger partial charge on any atom is -0.468 e. The number of nitrogens with zero attached hydrogens (tertiary/aromatic N) is 4. The number of hydrogen-bond donors (Lipinski definition) is 0. The Labute approximate surface area is 346 Å². The summed E-state index contributed by atoms with van der Waals surface area (Å²) in [6.07, 6.45) is 6.32. The van der Waals surface area contributed by atoms with E-state index in [4.69, 9.17) is 30.4 Å². The van der Waals surface area contributed by atoms with Gasteiger partial charge in [-0.3, -0.25) is 0 Å². The molecule has 4 aliphatic rings. The zero-order valence-corrected chi connectivity index (χ0v) is 34.8. The van der Waals surface area contributed by atoms with E-state index in [1.807, 2.05) is 37.6 Å². The number of hydrogen-bond acceptors (Lipinski definition) is 8. The first-order chi connectivity index (χ1) is 28.5. The molecular formula is C46H51F5N4O5. The molecule has 1 aliphatic carbocycles. The summed E-state index contributed by atoms with van der Waals surface area (Å²) in [6, 6.07) is 5.03. The van der Waals surface area contributed by atoms with E-state index in [1.54, 1.807) is 13.0 Å². The number of carbonyl (C=O) groups is 1. The van der Waals surface area contributed by atoms with E-state index in [9.17, 15) is 13.6 Å². The summed E-state index contributed by atoms with van der Waals surface area (Å²) < 4.78 is 103. The summed E-state index contributed by atoms with van der Waals surface area (Å²) in [7, 11) is 3.30. The Kier molecular flexibility index (Phi) is 11.2. The van der Waals surface area contributed by atoms with Gasteiger partial charge in [0.15, 0.2) is 12.6 Å². The molecule has 0 radical (unpaired) electrons. The first-order valence-electron chi connectivity index (χ1n) is 20.7. The molecule has 1 amide bonds. The molecule has 3 saturated heterocycles. The molecule has 3 aliphatic heterocycles. The van der Waals surface area contributed by atoms with Gasteiger partial charge in [-0.1, -0.05) is 18.9 Å². The highest BCUT2D eigenvalue weighted by Gasteiger charge is 2.52. The summed E-state index contributed by atoms with van der Waals surface area (Å²) in [5, 5.41) is 0.715. The van der Waals surface area contributed by atoms with Gasteiger partial charge in [0, 0.05) is 59.3 Å². The van der Waals surface area contributed by atoms with Crippen molar-refractivity contribution in [3.8, 4) is 35.2 Å². The van der Waals surface area contributed by atoms with E-state index < -0.39 is 46.4 Å². The van der Waals surface area contributed by atoms with E-state index in [0.29, 0.717) is 43.4 Å². The highest BCUT2D eigenvalue weighted by Crippen LogP contribution is 2.53. The van der Waals surface area contributed by atoms with E-state index in [1.165, 1.54) is 25.3 Å². The molecule has 3 aromatic carbocycles. The molecule has 320 valence electrons. The summed E-state index contributed by atoms with van der Waals surface area (Å²) in [5.41, 5.74) is -2.02. The number of rotatable bonds is 8. The Morgan fingerprint density at radius 1 is 1.05 bits per heavy atom. The van der Waals surface area contributed by atoms with Crippen molar-refractivity contribution in [1.82, 2.24) is 19.8 Å². The Balaban J connectivity index is 1.34. The second-order valence-corrected chi connectivity index (χ2v) is 18.3. The van der Waals surface area contributed by atoms with Gasteiger partial charge < -0.3 is 28.7 Å². The largest absolute Gasteiger partial charge is 0.468 e. The molecule has 2 bridgehead atoms. The molecular weight excluding hydrogens is 784 g/mol. The molecule has 6 atom stereocenters. The number of ether oxygens (including phenoxy) is 4. The lowest BCUT2D eigenvalue weighted by atomic mass is 9.72. The predicted molar refractivity (Wildman–Crippen MR) is 217 cm³/mol. The van der Waals surface area contributed by atoms with Gasteiger partial charge in [-0.25, -0.2) is 26.7 Å². The number of likely N-dealkylation sites (tertiary alicyclic amines) is 1. The van der Waals surface area contributed by atoms with Gasteiger partial charge >= 0.3 is 12.1 Å². The maximum Gasteiger partial charge on any atom is 0.410 e. The second-order valence-electron chi connectivity index (χ2n) is 18.3. The minimum absolute atomic E-state index is 0.0389. The molecule has 8 rings (SSSR count). The highest BCUT2D eigenvalue weighted by atomic mass is 19.3. The van der Waals surface area contributed by atoms with E-state index in [2.05, 4.69) is 10.9 Å². The van der Waals surface area contributed by atoms with Gasteiger partial charge in [0.1, 0.15) is 28.5 Å². The van der Waals surface area contributed by atoms with Gasteiger partial charge in [-0.05, 0) is 114 Å². The maximum atomic E-state index is 17.8. The molecule has 1 aromatic heterocycles. The van der Waals surface area contributed by atoms with E-state index in [-0.39, 0.29) is 101 Å². The van der Waals surface area contributed by atoms with Crippen molar-refractivity contribution >= 4 is 27.8 Å². The van der Waals surface area contributed by atoms with Crippen molar-refractivity contribution in [1.29, 1.82) is 0 Å². The Hall–Kier alpha value is -4.74. The average molecular weight is 835 g/mol. The fraction of sp³-hybridized carbons (Fsp3) is 0.543. The van der Waals surface area contributed by atoms with Crippen LogP contribution in [-0.4, -0.2) is 90.6 Å². The zero-order chi connectivity index (χ0) is 42.8. The summed E-state index contributed by atoms with van der Waals surface area (Å²) >= 11 is 0. The Morgan fingerprint density at radius 3 is 2.55 bits per heavy atom. The quantitative estimate of drug-likeness (QED) is 0.0987. The van der Waals surface area contributed by atoms with Crippen LogP contribution in [0, 0.1) is 47.0 Å². The summed E-state index contributed by atoms with van der Waals surface area (Å²) in [5.74, 6) is -1.51. The molecule has 4 heterocycles. The third kappa shape index (κ3) is 7.39. The van der Waals surface area contributed by atoms with Gasteiger partial charge in [-0.2, -0.15) is 9.97 Å². The first kappa shape index (κ1) is 42.0. The van der Waals surface area contributed by atoms with Crippen LogP contribution in [0.5, 0.6) is 11.8 Å². The molecule has 0 N–H and O–H groups in total. The standard InChI is InChI=1S/C46H51F5N4O5/c1-8-27-33(47)14-12-24-18-26(59-23-57-7)20-31(35(24)27)36-38(48)29-11-9-10-28-30(19-25-13-15-34(28)55(25)44(56)60-45(2,3)4)40-37(29)41(39(36)49)53-43(52-40)58-22-46(5)21-54(6)17-16-32(46)42(50)51/h1,12,14,18,20,25,28,30,32,34,42H,9-11,13,15-17,19,21-23H2,2-7H3/t25-,28+,30?,32-,34+,46+/m1/s1. The molecule has 0 saturated carbocycles. The monoisotopic (exact) mass is 834 g/mol. The van der Waals surface area contributed by atoms with Crippen LogP contribution in [0.15, 0.2) is 24.3 Å². The number of aryl methyl sites for hydroxylation is 1. The van der Waals surface area contributed by atoms with Gasteiger partial charge in [0.2, 0.25) is 6.43 Å². The normalized spacial score (nSPS) is 25.5. The number of aromatic nitrogens is 2. The number of fused-ring (bicyclic) bond motifs is 6. The lowest BCUT2D eigenvalue weighted by Gasteiger charge is -2.45. The third-order valence-electron chi connectivity index (χ3n) is 13.1. The summed E-state index contributed by atoms with van der Waals surface area (Å²) in [6.45, 7) is 7.71. The van der Waals surface area contributed by atoms with Crippen molar-refractivity contribution in [3.05, 3.63) is 58.5 Å². The minimum atomic E-state index is -2.59. The highest BCUT2D eigenvalue weighted by molar-refractivity contribution is 6.04. The SMILES string of the molecule is C#Cc1c(F)ccc2cc(OCOC)cc(-c3c(F)c4c5c(nc(OC[C@]6(C)CN(C)CC[C@@H]6C(F)F)nc5c3F)C3C[C@H]5CC[C@@H]([C@H]3CCC4)N5C(=O)OC(C)(C)C)c12. The molecule has 4 aromatic rings. The van der Waals surface area contributed by atoms with Crippen molar-refractivity contribution in [2.75, 3.05) is 40.6 Å². The van der Waals surface area contributed by atoms with Gasteiger partial charge in [-0.15, -0.1) is 6.42 Å². The number of terminal acetylenes is 1. The van der Waals surface area contributed by atoms with Crippen molar-refractivity contribution in [2.24, 2.45) is 17.3 Å². The molecule has 9 nitrogen and oxygen atoms in total. The second kappa shape index (κ2) is 15.9. The van der Waals surface area contributed by atoms with Crippen LogP contribution < -0.4 is 9.47 Å². The van der Waals surface area contributed by atoms with Crippen molar-refractivity contribution in [2.45, 2.75) is 103 Å². The number of amides is 1. The molecule has 60 heavy (non-hydrogen) atoms. The predicted octanol–water partition coefficient (Wildman–Crippen LogP) is 9.64. The molecule has 0 spiro atoms. The van der Waals surface area contributed by atoms with Crippen LogP contribution in [0.25, 0.3) is 32.8 Å².